The second kappa shape index (κ2) is 6.60. The molecule has 0 saturated carbocycles. The Morgan fingerprint density at radius 2 is 1.96 bits per heavy atom. The van der Waals surface area contributed by atoms with Crippen LogP contribution in [0.4, 0.5) is 4.79 Å². The van der Waals surface area contributed by atoms with E-state index in [1.165, 1.54) is 0 Å². The number of amides is 2. The zero-order chi connectivity index (χ0) is 19.2. The average Bonchev–Trinajstić information content (AvgIpc) is 2.81. The van der Waals surface area contributed by atoms with Crippen LogP contribution in [0.3, 0.4) is 0 Å². The Hall–Kier alpha value is -2.47. The molecule has 2 saturated heterocycles. The number of fused-ring (bicyclic) bond motifs is 3. The Morgan fingerprint density at radius 3 is 2.59 bits per heavy atom. The van der Waals surface area contributed by atoms with E-state index in [2.05, 4.69) is 24.9 Å². The number of ether oxygens (including phenoxy) is 2. The molecule has 1 aromatic rings. The number of carbonyl (C=O) groups is 1. The second-order valence-electron chi connectivity index (χ2n) is 7.31. The van der Waals surface area contributed by atoms with E-state index in [-0.39, 0.29) is 11.6 Å². The summed E-state index contributed by atoms with van der Waals surface area (Å²) in [5.74, 6) is 1.45. The minimum atomic E-state index is -0.251. The third kappa shape index (κ3) is 2.54. The van der Waals surface area contributed by atoms with Crippen molar-refractivity contribution in [1.29, 1.82) is 0 Å². The normalized spacial score (nSPS) is 20.9. The van der Waals surface area contributed by atoms with Gasteiger partial charge in [0, 0.05) is 23.9 Å². The smallest absolute Gasteiger partial charge is 0.325 e. The molecule has 0 aliphatic carbocycles. The molecule has 0 aromatic heterocycles. The van der Waals surface area contributed by atoms with Crippen LogP contribution >= 0.6 is 0 Å². The monoisotopic (exact) mass is 369 g/mol. The molecule has 144 valence electrons. The van der Waals surface area contributed by atoms with Crippen LogP contribution in [0.2, 0.25) is 0 Å². The lowest BCUT2D eigenvalue weighted by Crippen LogP contribution is -2.52. The summed E-state index contributed by atoms with van der Waals surface area (Å²) in [6.07, 6.45) is 3.93. The zero-order valence-corrected chi connectivity index (χ0v) is 16.3. The van der Waals surface area contributed by atoms with Gasteiger partial charge >= 0.3 is 6.03 Å². The lowest BCUT2D eigenvalue weighted by molar-refractivity contribution is 0.141. The van der Waals surface area contributed by atoms with E-state index < -0.39 is 0 Å². The van der Waals surface area contributed by atoms with E-state index in [0.29, 0.717) is 13.1 Å². The number of carbonyl (C=O) groups excluding carboxylic acids is 1. The first-order chi connectivity index (χ1) is 13.1. The van der Waals surface area contributed by atoms with Gasteiger partial charge in [-0.2, -0.15) is 0 Å². The molecule has 4 rings (SSSR count). The van der Waals surface area contributed by atoms with Gasteiger partial charge in [-0.25, -0.2) is 4.79 Å². The number of nitrogens with zero attached hydrogens (tertiary/aromatic N) is 2. The highest BCUT2D eigenvalue weighted by molar-refractivity contribution is 5.88. The molecule has 2 amide bonds. The van der Waals surface area contributed by atoms with Crippen LogP contribution in [0.1, 0.15) is 30.9 Å². The number of allylic oxidation sites excluding steroid dienone is 2. The summed E-state index contributed by atoms with van der Waals surface area (Å²) < 4.78 is 11.1. The molecule has 6 nitrogen and oxygen atoms in total. The van der Waals surface area contributed by atoms with Gasteiger partial charge in [-0.1, -0.05) is 6.58 Å². The van der Waals surface area contributed by atoms with Crippen molar-refractivity contribution in [1.82, 2.24) is 15.1 Å². The first-order valence-electron chi connectivity index (χ1n) is 9.52. The predicted molar refractivity (Wildman–Crippen MR) is 105 cm³/mol. The maximum Gasteiger partial charge on any atom is 0.325 e. The van der Waals surface area contributed by atoms with Crippen molar-refractivity contribution < 1.29 is 14.3 Å². The molecule has 3 aliphatic rings. The molecule has 1 aromatic carbocycles. The molecule has 0 radical (unpaired) electrons. The van der Waals surface area contributed by atoms with Crippen LogP contribution in [0.25, 0.3) is 5.57 Å². The minimum absolute atomic E-state index is 0.0769. The maximum atomic E-state index is 13.3. The van der Waals surface area contributed by atoms with Crippen molar-refractivity contribution in [2.24, 2.45) is 0 Å². The first-order valence-corrected chi connectivity index (χ1v) is 9.52. The molecular weight excluding hydrogens is 342 g/mol. The molecule has 0 unspecified atom stereocenters. The number of rotatable bonds is 3. The Kier molecular flexibility index (Phi) is 4.38. The van der Waals surface area contributed by atoms with Crippen molar-refractivity contribution in [3.8, 4) is 11.5 Å². The van der Waals surface area contributed by atoms with E-state index in [0.717, 1.165) is 59.8 Å². The van der Waals surface area contributed by atoms with Crippen LogP contribution in [0, 0.1) is 0 Å². The van der Waals surface area contributed by atoms with Gasteiger partial charge < -0.3 is 19.7 Å². The minimum Gasteiger partial charge on any atom is -0.497 e. The van der Waals surface area contributed by atoms with Gasteiger partial charge in [-0.3, -0.25) is 4.90 Å². The highest BCUT2D eigenvalue weighted by Gasteiger charge is 2.53. The van der Waals surface area contributed by atoms with Crippen molar-refractivity contribution in [2.45, 2.75) is 31.8 Å². The van der Waals surface area contributed by atoms with E-state index in [4.69, 9.17) is 9.47 Å². The summed E-state index contributed by atoms with van der Waals surface area (Å²) in [7, 11) is 3.29. The fourth-order valence-corrected chi connectivity index (χ4v) is 4.81. The van der Waals surface area contributed by atoms with Gasteiger partial charge in [0.05, 0.1) is 26.3 Å². The van der Waals surface area contributed by atoms with E-state index >= 15 is 0 Å². The van der Waals surface area contributed by atoms with Crippen LogP contribution in [-0.4, -0.2) is 55.2 Å². The quantitative estimate of drug-likeness (QED) is 0.890. The SMILES string of the molecule is C=C1C=C2N(Cc3cc(OC)cc(OC)c31)C(=O)N(CC)C21CCNCC1. The molecule has 2 fully saturated rings. The molecule has 3 heterocycles. The number of benzene rings is 1. The highest BCUT2D eigenvalue weighted by atomic mass is 16.5. The van der Waals surface area contributed by atoms with E-state index in [1.54, 1.807) is 14.2 Å². The average molecular weight is 369 g/mol. The molecule has 0 atom stereocenters. The van der Waals surface area contributed by atoms with Gasteiger partial charge in [0.2, 0.25) is 0 Å². The van der Waals surface area contributed by atoms with Crippen LogP contribution in [0.5, 0.6) is 11.5 Å². The van der Waals surface area contributed by atoms with Crippen molar-refractivity contribution in [3.05, 3.63) is 41.6 Å². The Bertz CT molecular complexity index is 824. The summed E-state index contributed by atoms with van der Waals surface area (Å²) in [5.41, 5.74) is 3.65. The third-order valence-electron chi connectivity index (χ3n) is 6.07. The third-order valence-corrected chi connectivity index (χ3v) is 6.07. The maximum absolute atomic E-state index is 13.3. The standard InChI is InChI=1S/C21H27N3O3/c1-5-24-20(25)23-13-15-11-16(26-3)12-17(27-4)19(15)14(2)10-18(23)21(24)6-8-22-9-7-21/h10-12,22H,2,5-9,13H2,1,3-4H3. The second-order valence-corrected chi connectivity index (χ2v) is 7.31. The summed E-state index contributed by atoms with van der Waals surface area (Å²) in [6.45, 7) is 9.40. The summed E-state index contributed by atoms with van der Waals surface area (Å²) in [6, 6.07) is 3.93. The molecule has 1 N–H and O–H groups in total. The van der Waals surface area contributed by atoms with Crippen molar-refractivity contribution in [3.63, 3.8) is 0 Å². The fraction of sp³-hybridized carbons (Fsp3) is 0.476. The summed E-state index contributed by atoms with van der Waals surface area (Å²) in [4.78, 5) is 17.3. The molecule has 3 aliphatic heterocycles. The topological polar surface area (TPSA) is 54.0 Å². The largest absolute Gasteiger partial charge is 0.497 e. The Morgan fingerprint density at radius 1 is 1.22 bits per heavy atom. The van der Waals surface area contributed by atoms with Gasteiger partial charge in [-0.05, 0) is 56.1 Å². The summed E-state index contributed by atoms with van der Waals surface area (Å²) >= 11 is 0. The number of hydrogen-bond donors (Lipinski definition) is 1. The molecule has 1 spiro atoms. The van der Waals surface area contributed by atoms with Crippen molar-refractivity contribution in [2.75, 3.05) is 33.9 Å². The Balaban J connectivity index is 1.87. The number of likely N-dealkylation sites (N-methyl/N-ethyl adjacent to an activating group) is 1. The lowest BCUT2D eigenvalue weighted by atomic mass is 9.83. The van der Waals surface area contributed by atoms with E-state index in [9.17, 15) is 4.79 Å². The number of methoxy groups -OCH3 is 2. The van der Waals surface area contributed by atoms with Crippen LogP contribution in [0.15, 0.2) is 30.5 Å². The molecule has 0 bridgehead atoms. The van der Waals surface area contributed by atoms with Crippen LogP contribution < -0.4 is 14.8 Å². The number of urea groups is 1. The van der Waals surface area contributed by atoms with Crippen molar-refractivity contribution >= 4 is 11.6 Å². The highest BCUT2D eigenvalue weighted by Crippen LogP contribution is 2.47. The molecular formula is C21H27N3O3. The number of piperidine rings is 1. The predicted octanol–water partition coefficient (Wildman–Crippen LogP) is 2.99. The van der Waals surface area contributed by atoms with Crippen LogP contribution in [-0.2, 0) is 6.54 Å². The summed E-state index contributed by atoms with van der Waals surface area (Å²) in [5, 5.41) is 3.43. The molecule has 27 heavy (non-hydrogen) atoms. The Labute approximate surface area is 160 Å². The van der Waals surface area contributed by atoms with Gasteiger partial charge in [-0.15, -0.1) is 0 Å². The number of hydrogen-bond acceptors (Lipinski definition) is 4. The van der Waals surface area contributed by atoms with Gasteiger partial charge in [0.15, 0.2) is 0 Å². The number of nitrogens with one attached hydrogen (secondary N) is 1. The van der Waals surface area contributed by atoms with E-state index in [1.807, 2.05) is 21.9 Å². The zero-order valence-electron chi connectivity index (χ0n) is 16.3. The lowest BCUT2D eigenvalue weighted by Gasteiger charge is -2.40. The van der Waals surface area contributed by atoms with Gasteiger partial charge in [0.1, 0.15) is 11.5 Å². The fourth-order valence-electron chi connectivity index (χ4n) is 4.81. The first kappa shape index (κ1) is 17.9. The van der Waals surface area contributed by atoms with Gasteiger partial charge in [0.25, 0.3) is 0 Å². The molecule has 6 heteroatoms.